The molecular weight excluding hydrogens is 430 g/mol. The van der Waals surface area contributed by atoms with E-state index in [1.807, 2.05) is 0 Å². The van der Waals surface area contributed by atoms with Crippen LogP contribution in [0, 0.1) is 10.1 Å². The van der Waals surface area contributed by atoms with Crippen molar-refractivity contribution in [1.29, 1.82) is 0 Å². The topological polar surface area (TPSA) is 152 Å². The van der Waals surface area contributed by atoms with E-state index in [1.54, 1.807) is 42.6 Å². The summed E-state index contributed by atoms with van der Waals surface area (Å²) in [5.74, 6) is -2.45. The number of hydrogen-bond acceptors (Lipinski definition) is 7. The van der Waals surface area contributed by atoms with Crippen LogP contribution in [0.15, 0.2) is 67.0 Å². The van der Waals surface area contributed by atoms with Crippen molar-refractivity contribution in [2.45, 2.75) is 0 Å². The van der Waals surface area contributed by atoms with Crippen LogP contribution in [-0.2, 0) is 4.79 Å². The molecule has 0 unspecified atom stereocenters. The maximum Gasteiger partial charge on any atom is 0.270 e. The Labute approximate surface area is 186 Å². The Kier molecular flexibility index (Phi) is 5.60. The van der Waals surface area contributed by atoms with Gasteiger partial charge in [0.1, 0.15) is 6.54 Å². The minimum Gasteiger partial charge on any atom is -0.325 e. The molecule has 0 spiro atoms. The number of anilines is 2. The van der Waals surface area contributed by atoms with E-state index in [2.05, 4.69) is 15.6 Å². The molecule has 33 heavy (non-hydrogen) atoms. The number of benzene rings is 2. The van der Waals surface area contributed by atoms with E-state index >= 15 is 0 Å². The summed E-state index contributed by atoms with van der Waals surface area (Å²) in [6.45, 7) is -0.556. The molecule has 1 aliphatic rings. The fourth-order valence-corrected chi connectivity index (χ4v) is 3.22. The number of carbonyl (C=O) groups excluding carboxylic acids is 4. The number of hydrogen-bond donors (Lipinski definition) is 2. The van der Waals surface area contributed by atoms with Crippen molar-refractivity contribution in [2.24, 2.45) is 0 Å². The highest BCUT2D eigenvalue weighted by molar-refractivity contribution is 6.23. The molecule has 2 N–H and O–H groups in total. The first-order chi connectivity index (χ1) is 15.8. The first kappa shape index (κ1) is 21.3. The zero-order chi connectivity index (χ0) is 23.5. The zero-order valence-corrected chi connectivity index (χ0v) is 16.8. The molecule has 1 aromatic heterocycles. The van der Waals surface area contributed by atoms with Gasteiger partial charge >= 0.3 is 0 Å². The number of nitro benzene ring substituents is 1. The second-order valence-electron chi connectivity index (χ2n) is 7.00. The second kappa shape index (κ2) is 8.67. The number of fused-ring (bicyclic) bond motifs is 1. The minimum absolute atomic E-state index is 0.00658. The Morgan fingerprint density at radius 2 is 1.61 bits per heavy atom. The van der Waals surface area contributed by atoms with E-state index in [-0.39, 0.29) is 22.7 Å². The summed E-state index contributed by atoms with van der Waals surface area (Å²) in [5.41, 5.74) is 0.830. The quantitative estimate of drug-likeness (QED) is 0.336. The van der Waals surface area contributed by atoms with Gasteiger partial charge in [-0.3, -0.25) is 39.2 Å². The van der Waals surface area contributed by atoms with Crippen LogP contribution in [0.5, 0.6) is 0 Å². The van der Waals surface area contributed by atoms with Crippen molar-refractivity contribution in [3.63, 3.8) is 0 Å². The van der Waals surface area contributed by atoms with E-state index in [9.17, 15) is 29.3 Å². The van der Waals surface area contributed by atoms with Gasteiger partial charge in [-0.1, -0.05) is 0 Å². The van der Waals surface area contributed by atoms with Crippen LogP contribution in [0.1, 0.15) is 31.1 Å². The summed E-state index contributed by atoms with van der Waals surface area (Å²) >= 11 is 0. The summed E-state index contributed by atoms with van der Waals surface area (Å²) in [4.78, 5) is 64.3. The second-order valence-corrected chi connectivity index (χ2v) is 7.00. The highest BCUT2D eigenvalue weighted by Gasteiger charge is 2.37. The van der Waals surface area contributed by atoms with Crippen LogP contribution < -0.4 is 10.6 Å². The lowest BCUT2D eigenvalue weighted by molar-refractivity contribution is -0.384. The van der Waals surface area contributed by atoms with Crippen LogP contribution >= 0.6 is 0 Å². The summed E-state index contributed by atoms with van der Waals surface area (Å²) < 4.78 is 0. The lowest BCUT2D eigenvalue weighted by Crippen LogP contribution is -2.37. The number of rotatable bonds is 6. The van der Waals surface area contributed by atoms with Gasteiger partial charge in [0.15, 0.2) is 0 Å². The number of imide groups is 1. The van der Waals surface area contributed by atoms with Gasteiger partial charge in [0.2, 0.25) is 5.91 Å². The summed E-state index contributed by atoms with van der Waals surface area (Å²) in [6, 6.07) is 12.8. The predicted octanol–water partition coefficient (Wildman–Crippen LogP) is 2.48. The Morgan fingerprint density at radius 3 is 2.24 bits per heavy atom. The Balaban J connectivity index is 1.38. The molecule has 4 amide bonds. The average Bonchev–Trinajstić information content (AvgIpc) is 3.05. The van der Waals surface area contributed by atoms with Gasteiger partial charge in [0.25, 0.3) is 23.4 Å². The first-order valence-electron chi connectivity index (χ1n) is 9.59. The zero-order valence-electron chi connectivity index (χ0n) is 16.8. The van der Waals surface area contributed by atoms with Crippen molar-refractivity contribution in [3.05, 3.63) is 93.8 Å². The van der Waals surface area contributed by atoms with Gasteiger partial charge in [0.05, 0.1) is 21.6 Å². The van der Waals surface area contributed by atoms with E-state index in [1.165, 1.54) is 12.3 Å². The van der Waals surface area contributed by atoms with Gasteiger partial charge in [0, 0.05) is 35.9 Å². The van der Waals surface area contributed by atoms with Crippen molar-refractivity contribution in [1.82, 2.24) is 9.88 Å². The summed E-state index contributed by atoms with van der Waals surface area (Å²) in [7, 11) is 0. The molecule has 0 fully saturated rings. The molecule has 11 heteroatoms. The molecule has 2 heterocycles. The predicted molar refractivity (Wildman–Crippen MR) is 116 cm³/mol. The van der Waals surface area contributed by atoms with Gasteiger partial charge in [-0.2, -0.15) is 0 Å². The Hall–Kier alpha value is -4.93. The largest absolute Gasteiger partial charge is 0.325 e. The SMILES string of the molecule is O=C(CN1C(=O)c2ccc([N+](=O)[O-])cc2C1=O)Nc1ccc(NC(=O)c2cccnc2)cc1. The molecule has 0 aliphatic carbocycles. The molecule has 2 aromatic carbocycles. The smallest absolute Gasteiger partial charge is 0.270 e. The molecule has 4 rings (SSSR count). The molecule has 1 aliphatic heterocycles. The monoisotopic (exact) mass is 445 g/mol. The molecule has 164 valence electrons. The van der Waals surface area contributed by atoms with Gasteiger partial charge in [-0.25, -0.2) is 0 Å². The minimum atomic E-state index is -0.776. The average molecular weight is 445 g/mol. The molecule has 0 atom stereocenters. The van der Waals surface area contributed by atoms with Gasteiger partial charge in [-0.15, -0.1) is 0 Å². The summed E-state index contributed by atoms with van der Waals surface area (Å²) in [6.07, 6.45) is 2.99. The number of nitrogens with one attached hydrogen (secondary N) is 2. The third kappa shape index (κ3) is 4.42. The van der Waals surface area contributed by atoms with E-state index in [4.69, 9.17) is 0 Å². The highest BCUT2D eigenvalue weighted by atomic mass is 16.6. The Morgan fingerprint density at radius 1 is 0.939 bits per heavy atom. The molecule has 0 bridgehead atoms. The summed E-state index contributed by atoms with van der Waals surface area (Å²) in [5, 5.41) is 16.2. The molecule has 3 aromatic rings. The van der Waals surface area contributed by atoms with Crippen LogP contribution in [-0.4, -0.2) is 45.0 Å². The molecule has 0 saturated heterocycles. The van der Waals surface area contributed by atoms with Crippen molar-refractivity contribution >= 4 is 40.7 Å². The molecular formula is C22H15N5O6. The lowest BCUT2D eigenvalue weighted by atomic mass is 10.1. The number of amides is 4. The van der Waals surface area contributed by atoms with Crippen molar-refractivity contribution in [3.8, 4) is 0 Å². The number of pyridine rings is 1. The maximum absolute atomic E-state index is 12.5. The molecule has 0 radical (unpaired) electrons. The van der Waals surface area contributed by atoms with Gasteiger partial charge in [-0.05, 0) is 42.5 Å². The van der Waals surface area contributed by atoms with Crippen LogP contribution in [0.4, 0.5) is 17.1 Å². The third-order valence-electron chi connectivity index (χ3n) is 4.82. The van der Waals surface area contributed by atoms with E-state index in [0.29, 0.717) is 16.9 Å². The van der Waals surface area contributed by atoms with Crippen molar-refractivity contribution < 1.29 is 24.1 Å². The van der Waals surface area contributed by atoms with E-state index in [0.717, 1.165) is 17.0 Å². The van der Waals surface area contributed by atoms with Crippen LogP contribution in [0.25, 0.3) is 0 Å². The van der Waals surface area contributed by atoms with E-state index < -0.39 is 29.2 Å². The van der Waals surface area contributed by atoms with Crippen LogP contribution in [0.3, 0.4) is 0 Å². The number of nitro groups is 1. The number of non-ortho nitro benzene ring substituents is 1. The van der Waals surface area contributed by atoms with Gasteiger partial charge < -0.3 is 10.6 Å². The maximum atomic E-state index is 12.5. The van der Waals surface area contributed by atoms with Crippen LogP contribution in [0.2, 0.25) is 0 Å². The van der Waals surface area contributed by atoms with Crippen molar-refractivity contribution in [2.75, 3.05) is 17.2 Å². The first-order valence-corrected chi connectivity index (χ1v) is 9.59. The molecule has 0 saturated carbocycles. The standard InChI is InChI=1S/C22H15N5O6/c28-19(12-26-21(30)17-8-7-16(27(32)33)10-18(17)22(26)31)24-14-3-5-15(6-4-14)25-20(29)13-2-1-9-23-11-13/h1-11H,12H2,(H,24,28)(H,25,29). The third-order valence-corrected chi connectivity index (χ3v) is 4.82. The fraction of sp³-hybridized carbons (Fsp3) is 0.0455. The number of aromatic nitrogens is 1. The number of nitrogens with zero attached hydrogens (tertiary/aromatic N) is 3. The normalized spacial score (nSPS) is 12.3. The fourth-order valence-electron chi connectivity index (χ4n) is 3.22. The number of carbonyl (C=O) groups is 4. The highest BCUT2D eigenvalue weighted by Crippen LogP contribution is 2.26. The molecule has 11 nitrogen and oxygen atoms in total. The lowest BCUT2D eigenvalue weighted by Gasteiger charge is -2.14. The Bertz CT molecular complexity index is 1290.